The Labute approximate surface area is 184 Å². The molecule has 3 aliphatic rings. The van der Waals surface area contributed by atoms with Crippen LogP contribution in [0.3, 0.4) is 0 Å². The zero-order chi connectivity index (χ0) is 22.4. The van der Waals surface area contributed by atoms with Crippen molar-refractivity contribution in [2.24, 2.45) is 0 Å². The average molecular weight is 438 g/mol. The second kappa shape index (κ2) is 7.78. The molecule has 0 bridgehead atoms. The van der Waals surface area contributed by atoms with Crippen molar-refractivity contribution in [2.75, 3.05) is 27.6 Å². The van der Waals surface area contributed by atoms with E-state index >= 15 is 0 Å². The van der Waals surface area contributed by atoms with Crippen LogP contribution in [0.4, 0.5) is 0 Å². The molecule has 0 radical (unpaired) electrons. The Kier molecular flexibility index (Phi) is 4.92. The lowest BCUT2D eigenvalue weighted by Gasteiger charge is -2.27. The molecular formula is C24H22O8. The monoisotopic (exact) mass is 438 g/mol. The highest BCUT2D eigenvalue weighted by atomic mass is 16.7. The minimum Gasteiger partial charge on any atom is -0.493 e. The van der Waals surface area contributed by atoms with Crippen molar-refractivity contribution in [3.05, 3.63) is 52.1 Å². The highest BCUT2D eigenvalue weighted by molar-refractivity contribution is 5.95. The van der Waals surface area contributed by atoms with Crippen LogP contribution in [0.5, 0.6) is 28.7 Å². The number of hydrogen-bond acceptors (Lipinski definition) is 8. The van der Waals surface area contributed by atoms with Crippen molar-refractivity contribution in [3.8, 4) is 28.7 Å². The number of ether oxygens (including phenoxy) is 6. The Balaban J connectivity index is 1.69. The van der Waals surface area contributed by atoms with Crippen LogP contribution < -0.4 is 23.7 Å². The molecule has 0 fully saturated rings. The predicted molar refractivity (Wildman–Crippen MR) is 112 cm³/mol. The van der Waals surface area contributed by atoms with E-state index in [9.17, 15) is 9.59 Å². The van der Waals surface area contributed by atoms with Gasteiger partial charge in [-0.15, -0.1) is 0 Å². The summed E-state index contributed by atoms with van der Waals surface area (Å²) < 4.78 is 33.0. The third-order valence-corrected chi connectivity index (χ3v) is 5.94. The number of hydrogen-bond donors (Lipinski definition) is 0. The number of carbonyl (C=O) groups is 2. The van der Waals surface area contributed by atoms with E-state index in [0.29, 0.717) is 35.0 Å². The van der Waals surface area contributed by atoms with Crippen LogP contribution >= 0.6 is 0 Å². The van der Waals surface area contributed by atoms with E-state index < -0.39 is 11.9 Å². The summed E-state index contributed by atoms with van der Waals surface area (Å²) in [6.07, 6.45) is 0.809. The van der Waals surface area contributed by atoms with E-state index in [1.807, 2.05) is 12.1 Å². The number of cyclic esters (lactones) is 1. The molecule has 2 aliphatic heterocycles. The summed E-state index contributed by atoms with van der Waals surface area (Å²) in [6.45, 7) is 2.13. The molecule has 0 saturated carbocycles. The number of fused-ring (bicyclic) bond motifs is 2. The molecule has 1 unspecified atom stereocenters. The molecule has 0 amide bonds. The zero-order valence-electron chi connectivity index (χ0n) is 18.0. The Morgan fingerprint density at radius 1 is 1.03 bits per heavy atom. The second-order valence-corrected chi connectivity index (χ2v) is 7.69. The summed E-state index contributed by atoms with van der Waals surface area (Å²) in [5.74, 6) is 1.03. The smallest absolute Gasteiger partial charge is 0.335 e. The Hall–Kier alpha value is -3.68. The maximum Gasteiger partial charge on any atom is 0.335 e. The van der Waals surface area contributed by atoms with Gasteiger partial charge in [0, 0.05) is 12.3 Å². The quantitative estimate of drug-likeness (QED) is 0.519. The fraction of sp³-hybridized carbons (Fsp3) is 0.333. The first kappa shape index (κ1) is 20.2. The predicted octanol–water partition coefficient (Wildman–Crippen LogP) is 3.29. The summed E-state index contributed by atoms with van der Waals surface area (Å²) in [7, 11) is 2.98. The molecule has 1 atom stereocenters. The van der Waals surface area contributed by atoms with Crippen LogP contribution in [0.1, 0.15) is 36.0 Å². The molecule has 166 valence electrons. The summed E-state index contributed by atoms with van der Waals surface area (Å²) in [6, 6.07) is 7.41. The van der Waals surface area contributed by atoms with Crippen molar-refractivity contribution in [1.82, 2.24) is 0 Å². The van der Waals surface area contributed by atoms with Crippen LogP contribution in [-0.4, -0.2) is 39.6 Å². The van der Waals surface area contributed by atoms with E-state index in [4.69, 9.17) is 28.4 Å². The summed E-state index contributed by atoms with van der Waals surface area (Å²) in [5, 5.41) is 0. The van der Waals surface area contributed by atoms with Gasteiger partial charge in [0.25, 0.3) is 0 Å². The van der Waals surface area contributed by atoms with Gasteiger partial charge in [0.15, 0.2) is 23.0 Å². The first-order chi connectivity index (χ1) is 15.5. The Morgan fingerprint density at radius 3 is 2.38 bits per heavy atom. The van der Waals surface area contributed by atoms with E-state index in [1.54, 1.807) is 19.1 Å². The van der Waals surface area contributed by atoms with E-state index in [0.717, 1.165) is 22.3 Å². The fourth-order valence-corrected chi connectivity index (χ4v) is 4.43. The Morgan fingerprint density at radius 2 is 1.72 bits per heavy atom. The molecule has 5 rings (SSSR count). The Bertz CT molecular complexity index is 1140. The molecule has 0 saturated heterocycles. The fourth-order valence-electron chi connectivity index (χ4n) is 4.43. The largest absolute Gasteiger partial charge is 0.493 e. The van der Waals surface area contributed by atoms with Crippen LogP contribution in [0.25, 0.3) is 0 Å². The van der Waals surface area contributed by atoms with Crippen LogP contribution in [0, 0.1) is 0 Å². The standard InChI is InChI=1S/C24H22O8/c1-4-20(25)32-23-18(27-2)7-13(8-19(23)28-3)21-15-9-17-16(30-11-31-17)6-12(15)5-14-10-29-24(26)22(14)21/h6-9,21H,4-5,10-11H2,1-3H3. The van der Waals surface area contributed by atoms with Gasteiger partial charge in [-0.25, -0.2) is 4.79 Å². The third kappa shape index (κ3) is 3.14. The van der Waals surface area contributed by atoms with E-state index in [1.165, 1.54) is 14.2 Å². The van der Waals surface area contributed by atoms with E-state index in [2.05, 4.69) is 0 Å². The number of methoxy groups -OCH3 is 2. The minimum absolute atomic E-state index is 0.164. The van der Waals surface area contributed by atoms with Gasteiger partial charge in [-0.05, 0) is 52.9 Å². The molecule has 2 aromatic carbocycles. The molecule has 32 heavy (non-hydrogen) atoms. The lowest BCUT2D eigenvalue weighted by Crippen LogP contribution is -2.18. The normalized spacial score (nSPS) is 18.1. The highest BCUT2D eigenvalue weighted by Crippen LogP contribution is 2.50. The van der Waals surface area contributed by atoms with Crippen molar-refractivity contribution in [2.45, 2.75) is 25.7 Å². The molecule has 8 heteroatoms. The van der Waals surface area contributed by atoms with Crippen molar-refractivity contribution >= 4 is 11.9 Å². The summed E-state index contributed by atoms with van der Waals surface area (Å²) in [5.41, 5.74) is 4.26. The summed E-state index contributed by atoms with van der Waals surface area (Å²) in [4.78, 5) is 24.7. The van der Waals surface area contributed by atoms with Gasteiger partial charge in [0.05, 0.1) is 19.8 Å². The number of carbonyl (C=O) groups excluding carboxylic acids is 2. The van der Waals surface area contributed by atoms with Crippen LogP contribution in [-0.2, 0) is 20.7 Å². The zero-order valence-corrected chi connectivity index (χ0v) is 18.0. The molecule has 1 aliphatic carbocycles. The van der Waals surface area contributed by atoms with Crippen molar-refractivity contribution < 1.29 is 38.0 Å². The van der Waals surface area contributed by atoms with E-state index in [-0.39, 0.29) is 31.5 Å². The first-order valence-electron chi connectivity index (χ1n) is 10.3. The van der Waals surface area contributed by atoms with Crippen LogP contribution in [0.15, 0.2) is 35.4 Å². The maximum atomic E-state index is 12.7. The molecule has 8 nitrogen and oxygen atoms in total. The number of rotatable bonds is 5. The molecule has 0 spiro atoms. The lowest BCUT2D eigenvalue weighted by atomic mass is 9.75. The molecule has 0 aromatic heterocycles. The third-order valence-electron chi connectivity index (χ3n) is 5.94. The van der Waals surface area contributed by atoms with Gasteiger partial charge in [0.2, 0.25) is 12.5 Å². The van der Waals surface area contributed by atoms with Gasteiger partial charge >= 0.3 is 11.9 Å². The number of benzene rings is 2. The van der Waals surface area contributed by atoms with Gasteiger partial charge in [-0.2, -0.15) is 0 Å². The summed E-state index contributed by atoms with van der Waals surface area (Å²) >= 11 is 0. The van der Waals surface area contributed by atoms with Gasteiger partial charge in [-0.1, -0.05) is 6.92 Å². The van der Waals surface area contributed by atoms with Crippen LogP contribution in [0.2, 0.25) is 0 Å². The highest BCUT2D eigenvalue weighted by Gasteiger charge is 2.40. The SMILES string of the molecule is CCC(=O)Oc1c(OC)cc(C2C3=C(COC3=O)Cc3cc4c(cc32)OCO4)cc1OC. The maximum absolute atomic E-state index is 12.7. The minimum atomic E-state index is -0.419. The molecular weight excluding hydrogens is 416 g/mol. The lowest BCUT2D eigenvalue weighted by molar-refractivity contribution is -0.136. The molecule has 0 N–H and O–H groups in total. The van der Waals surface area contributed by atoms with Gasteiger partial charge in [0.1, 0.15) is 6.61 Å². The van der Waals surface area contributed by atoms with Gasteiger partial charge < -0.3 is 28.4 Å². The second-order valence-electron chi connectivity index (χ2n) is 7.69. The topological polar surface area (TPSA) is 89.5 Å². The molecule has 2 heterocycles. The van der Waals surface area contributed by atoms with Crippen molar-refractivity contribution in [1.29, 1.82) is 0 Å². The average Bonchev–Trinajstić information content (AvgIpc) is 3.42. The van der Waals surface area contributed by atoms with Gasteiger partial charge in [-0.3, -0.25) is 4.79 Å². The molecule has 2 aromatic rings. The number of esters is 2. The first-order valence-corrected chi connectivity index (χ1v) is 10.3. The van der Waals surface area contributed by atoms with Crippen molar-refractivity contribution in [3.63, 3.8) is 0 Å².